The van der Waals surface area contributed by atoms with Gasteiger partial charge in [-0.05, 0) is 31.6 Å². The summed E-state index contributed by atoms with van der Waals surface area (Å²) in [5.41, 5.74) is -0.295. The molecular formula is C13H23NO3. The van der Waals surface area contributed by atoms with E-state index >= 15 is 0 Å². The smallest absolute Gasteiger partial charge is 0.326 e. The van der Waals surface area contributed by atoms with Gasteiger partial charge in [-0.25, -0.2) is 4.79 Å². The third-order valence-corrected chi connectivity index (χ3v) is 3.60. The number of carboxylic acids is 1. The van der Waals surface area contributed by atoms with Crippen LogP contribution in [-0.4, -0.2) is 23.0 Å². The number of nitrogens with one attached hydrogen (secondary N) is 1. The van der Waals surface area contributed by atoms with Crippen LogP contribution in [0, 0.1) is 11.3 Å². The van der Waals surface area contributed by atoms with Gasteiger partial charge in [-0.2, -0.15) is 0 Å². The minimum atomic E-state index is -0.945. The molecule has 4 nitrogen and oxygen atoms in total. The number of hydrogen-bond acceptors (Lipinski definition) is 2. The van der Waals surface area contributed by atoms with Crippen LogP contribution < -0.4 is 5.32 Å². The molecule has 2 N–H and O–H groups in total. The van der Waals surface area contributed by atoms with Gasteiger partial charge < -0.3 is 10.4 Å². The molecule has 0 heterocycles. The maximum Gasteiger partial charge on any atom is 0.326 e. The standard InChI is InChI=1S/C13H23NO3/c1-4-10(11(15)16)14-12(17)13(6-5-7-13)8-9(2)3/h9-10H,4-8H2,1-3H3,(H,14,17)(H,15,16)/t10-/m1/s1. The second kappa shape index (κ2) is 5.52. The number of aliphatic carboxylic acids is 1. The predicted octanol–water partition coefficient (Wildman–Crippen LogP) is 2.18. The van der Waals surface area contributed by atoms with Gasteiger partial charge in [0.2, 0.25) is 5.91 Å². The molecule has 0 unspecified atom stereocenters. The third kappa shape index (κ3) is 3.20. The fraction of sp³-hybridized carbons (Fsp3) is 0.846. The van der Waals surface area contributed by atoms with E-state index in [4.69, 9.17) is 5.11 Å². The maximum absolute atomic E-state index is 12.2. The van der Waals surface area contributed by atoms with Crippen molar-refractivity contribution in [3.8, 4) is 0 Å². The van der Waals surface area contributed by atoms with Crippen LogP contribution in [0.5, 0.6) is 0 Å². The van der Waals surface area contributed by atoms with E-state index in [0.717, 1.165) is 25.7 Å². The first-order valence-electron chi connectivity index (χ1n) is 6.45. The van der Waals surface area contributed by atoms with Crippen molar-refractivity contribution in [3.05, 3.63) is 0 Å². The molecule has 17 heavy (non-hydrogen) atoms. The van der Waals surface area contributed by atoms with Crippen LogP contribution in [0.25, 0.3) is 0 Å². The van der Waals surface area contributed by atoms with E-state index in [0.29, 0.717) is 12.3 Å². The molecule has 1 amide bonds. The van der Waals surface area contributed by atoms with Gasteiger partial charge in [0.15, 0.2) is 0 Å². The number of carbonyl (C=O) groups excluding carboxylic acids is 1. The fourth-order valence-electron chi connectivity index (χ4n) is 2.56. The summed E-state index contributed by atoms with van der Waals surface area (Å²) < 4.78 is 0. The molecule has 0 saturated heterocycles. The Kier molecular flexibility index (Phi) is 4.54. The predicted molar refractivity (Wildman–Crippen MR) is 65.6 cm³/mol. The Morgan fingerprint density at radius 2 is 1.94 bits per heavy atom. The number of amides is 1. The average Bonchev–Trinajstić information content (AvgIpc) is 2.18. The van der Waals surface area contributed by atoms with Gasteiger partial charge in [0.05, 0.1) is 0 Å². The van der Waals surface area contributed by atoms with E-state index in [9.17, 15) is 9.59 Å². The van der Waals surface area contributed by atoms with Crippen LogP contribution >= 0.6 is 0 Å². The largest absolute Gasteiger partial charge is 0.480 e. The zero-order chi connectivity index (χ0) is 13.1. The van der Waals surface area contributed by atoms with Gasteiger partial charge in [0, 0.05) is 5.41 Å². The van der Waals surface area contributed by atoms with Crippen molar-refractivity contribution >= 4 is 11.9 Å². The summed E-state index contributed by atoms with van der Waals surface area (Å²) in [7, 11) is 0. The Hall–Kier alpha value is -1.06. The van der Waals surface area contributed by atoms with Crippen LogP contribution in [0.3, 0.4) is 0 Å². The number of hydrogen-bond donors (Lipinski definition) is 2. The van der Waals surface area contributed by atoms with Gasteiger partial charge >= 0.3 is 5.97 Å². The highest BCUT2D eigenvalue weighted by Crippen LogP contribution is 2.46. The molecule has 0 spiro atoms. The maximum atomic E-state index is 12.2. The summed E-state index contributed by atoms with van der Waals surface area (Å²) in [6, 6.07) is -0.743. The van der Waals surface area contributed by atoms with Gasteiger partial charge in [0.25, 0.3) is 0 Å². The Morgan fingerprint density at radius 1 is 1.35 bits per heavy atom. The second-order valence-corrected chi connectivity index (χ2v) is 5.50. The molecule has 1 atom stereocenters. The van der Waals surface area contributed by atoms with Crippen molar-refractivity contribution in [1.82, 2.24) is 5.32 Å². The Bertz CT molecular complexity index is 295. The monoisotopic (exact) mass is 241 g/mol. The van der Waals surface area contributed by atoms with Crippen LogP contribution in [0.1, 0.15) is 52.9 Å². The van der Waals surface area contributed by atoms with E-state index in [1.807, 2.05) is 0 Å². The number of carbonyl (C=O) groups is 2. The Morgan fingerprint density at radius 3 is 2.24 bits per heavy atom. The van der Waals surface area contributed by atoms with Gasteiger partial charge in [-0.1, -0.05) is 27.2 Å². The molecule has 4 heteroatoms. The molecule has 98 valence electrons. The highest BCUT2D eigenvalue weighted by atomic mass is 16.4. The first kappa shape index (κ1) is 14.0. The minimum Gasteiger partial charge on any atom is -0.480 e. The normalized spacial score (nSPS) is 19.5. The molecule has 0 aromatic rings. The van der Waals surface area contributed by atoms with E-state index in [1.165, 1.54) is 0 Å². The van der Waals surface area contributed by atoms with Crippen molar-refractivity contribution in [3.63, 3.8) is 0 Å². The Balaban J connectivity index is 2.63. The molecule has 0 aliphatic heterocycles. The molecule has 0 aromatic heterocycles. The minimum absolute atomic E-state index is 0.0632. The first-order chi connectivity index (χ1) is 7.91. The first-order valence-corrected chi connectivity index (χ1v) is 6.45. The Labute approximate surface area is 103 Å². The lowest BCUT2D eigenvalue weighted by Crippen LogP contribution is -2.51. The van der Waals surface area contributed by atoms with E-state index in [2.05, 4.69) is 19.2 Å². The average molecular weight is 241 g/mol. The summed E-state index contributed by atoms with van der Waals surface area (Å²) in [5.74, 6) is -0.544. The second-order valence-electron chi connectivity index (χ2n) is 5.50. The fourth-order valence-corrected chi connectivity index (χ4v) is 2.56. The lowest BCUT2D eigenvalue weighted by atomic mass is 9.64. The van der Waals surface area contributed by atoms with Gasteiger partial charge in [-0.15, -0.1) is 0 Å². The zero-order valence-electron chi connectivity index (χ0n) is 11.0. The molecule has 1 aliphatic rings. The summed E-state index contributed by atoms with van der Waals surface area (Å²) in [4.78, 5) is 23.1. The highest BCUT2D eigenvalue weighted by molar-refractivity contribution is 5.88. The summed E-state index contributed by atoms with van der Waals surface area (Å²) in [6.07, 6.45) is 4.15. The summed E-state index contributed by atoms with van der Waals surface area (Å²) >= 11 is 0. The van der Waals surface area contributed by atoms with Crippen LogP contribution in [0.15, 0.2) is 0 Å². The molecule has 1 rings (SSSR count). The van der Waals surface area contributed by atoms with Crippen molar-refractivity contribution < 1.29 is 14.7 Å². The van der Waals surface area contributed by atoms with Crippen molar-refractivity contribution in [1.29, 1.82) is 0 Å². The number of rotatable bonds is 6. The third-order valence-electron chi connectivity index (χ3n) is 3.60. The topological polar surface area (TPSA) is 66.4 Å². The van der Waals surface area contributed by atoms with E-state index < -0.39 is 12.0 Å². The van der Waals surface area contributed by atoms with Gasteiger partial charge in [0.1, 0.15) is 6.04 Å². The molecule has 0 aromatic carbocycles. The lowest BCUT2D eigenvalue weighted by molar-refractivity contribution is -0.146. The van der Waals surface area contributed by atoms with Crippen LogP contribution in [0.4, 0.5) is 0 Å². The van der Waals surface area contributed by atoms with Crippen LogP contribution in [0.2, 0.25) is 0 Å². The SMILES string of the molecule is CC[C@@H](NC(=O)C1(CC(C)C)CCC1)C(=O)O. The van der Waals surface area contributed by atoms with Crippen LogP contribution in [-0.2, 0) is 9.59 Å². The zero-order valence-corrected chi connectivity index (χ0v) is 11.0. The molecule has 0 bridgehead atoms. The molecule has 1 saturated carbocycles. The molecular weight excluding hydrogens is 218 g/mol. The van der Waals surface area contributed by atoms with Crippen molar-refractivity contribution in [2.75, 3.05) is 0 Å². The van der Waals surface area contributed by atoms with Crippen molar-refractivity contribution in [2.45, 2.75) is 58.9 Å². The number of carboxylic acid groups (broad SMARTS) is 1. The summed E-state index contributed by atoms with van der Waals surface area (Å²) in [6.45, 7) is 5.97. The van der Waals surface area contributed by atoms with E-state index in [1.54, 1.807) is 6.92 Å². The quantitative estimate of drug-likeness (QED) is 0.749. The molecule has 1 fully saturated rings. The molecule has 0 radical (unpaired) electrons. The molecule has 1 aliphatic carbocycles. The summed E-state index contributed by atoms with van der Waals surface area (Å²) in [5, 5.41) is 11.6. The lowest BCUT2D eigenvalue weighted by Gasteiger charge is -2.42. The highest BCUT2D eigenvalue weighted by Gasteiger charge is 2.45. The van der Waals surface area contributed by atoms with E-state index in [-0.39, 0.29) is 11.3 Å². The van der Waals surface area contributed by atoms with Gasteiger partial charge in [-0.3, -0.25) is 4.79 Å². The van der Waals surface area contributed by atoms with Crippen molar-refractivity contribution in [2.24, 2.45) is 11.3 Å².